The molecular weight excluding hydrogens is 360 g/mol. The number of para-hydroxylation sites is 1. The van der Waals surface area contributed by atoms with Gasteiger partial charge in [-0.05, 0) is 42.2 Å². The second-order valence-electron chi connectivity index (χ2n) is 7.00. The number of aryl methyl sites for hydroxylation is 1. The van der Waals surface area contributed by atoms with E-state index in [0.717, 1.165) is 36.2 Å². The Kier molecular flexibility index (Phi) is 5.86. The van der Waals surface area contributed by atoms with Crippen LogP contribution in [0.3, 0.4) is 0 Å². The molecule has 29 heavy (non-hydrogen) atoms. The Bertz CT molecular complexity index is 1070. The SMILES string of the molecule is O=C(CCc1ccccc1)Nc1ccc(NCCc2c[nH]c3ccccc23)cn1. The van der Waals surface area contributed by atoms with E-state index < -0.39 is 0 Å². The summed E-state index contributed by atoms with van der Waals surface area (Å²) in [5.74, 6) is 0.548. The number of nitrogens with one attached hydrogen (secondary N) is 3. The molecule has 0 aliphatic heterocycles. The van der Waals surface area contributed by atoms with E-state index in [2.05, 4.69) is 45.0 Å². The summed E-state index contributed by atoms with van der Waals surface area (Å²) < 4.78 is 0. The van der Waals surface area contributed by atoms with E-state index in [1.807, 2.05) is 48.5 Å². The molecule has 0 aliphatic carbocycles. The van der Waals surface area contributed by atoms with Crippen molar-refractivity contribution in [2.75, 3.05) is 17.2 Å². The van der Waals surface area contributed by atoms with Crippen LogP contribution in [0.2, 0.25) is 0 Å². The molecule has 4 rings (SSSR count). The number of benzene rings is 2. The number of amides is 1. The average molecular weight is 384 g/mol. The van der Waals surface area contributed by atoms with Crippen LogP contribution in [0.1, 0.15) is 17.5 Å². The largest absolute Gasteiger partial charge is 0.383 e. The van der Waals surface area contributed by atoms with Crippen molar-refractivity contribution in [2.45, 2.75) is 19.3 Å². The Hall–Kier alpha value is -3.60. The molecule has 0 fully saturated rings. The number of anilines is 2. The number of H-pyrrole nitrogens is 1. The molecule has 146 valence electrons. The smallest absolute Gasteiger partial charge is 0.225 e. The zero-order chi connectivity index (χ0) is 19.9. The first-order valence-electron chi connectivity index (χ1n) is 9.86. The fourth-order valence-electron chi connectivity index (χ4n) is 3.36. The van der Waals surface area contributed by atoms with Crippen molar-refractivity contribution in [1.29, 1.82) is 0 Å². The highest BCUT2D eigenvalue weighted by Crippen LogP contribution is 2.18. The van der Waals surface area contributed by atoms with Gasteiger partial charge in [0.25, 0.3) is 0 Å². The maximum Gasteiger partial charge on any atom is 0.225 e. The number of rotatable bonds is 8. The Balaban J connectivity index is 1.24. The normalized spacial score (nSPS) is 10.8. The van der Waals surface area contributed by atoms with Gasteiger partial charge in [-0.2, -0.15) is 0 Å². The summed E-state index contributed by atoms with van der Waals surface area (Å²) in [4.78, 5) is 19.8. The standard InChI is InChI=1S/C24H24N4O/c29-24(13-10-18-6-2-1-3-7-18)28-23-12-11-20(17-27-23)25-15-14-19-16-26-22-9-5-4-8-21(19)22/h1-9,11-12,16-17,25-26H,10,13-15H2,(H,27,28,29). The first kappa shape index (κ1) is 18.7. The predicted octanol–water partition coefficient (Wildman–Crippen LogP) is 4.79. The van der Waals surface area contributed by atoms with Crippen LogP contribution in [0.25, 0.3) is 10.9 Å². The van der Waals surface area contributed by atoms with Crippen LogP contribution in [0.15, 0.2) is 79.1 Å². The van der Waals surface area contributed by atoms with E-state index in [9.17, 15) is 4.79 Å². The van der Waals surface area contributed by atoms with Gasteiger partial charge < -0.3 is 15.6 Å². The second-order valence-corrected chi connectivity index (χ2v) is 7.00. The minimum Gasteiger partial charge on any atom is -0.383 e. The van der Waals surface area contributed by atoms with Gasteiger partial charge in [-0.1, -0.05) is 48.5 Å². The summed E-state index contributed by atoms with van der Waals surface area (Å²) in [7, 11) is 0. The van der Waals surface area contributed by atoms with Crippen molar-refractivity contribution in [1.82, 2.24) is 9.97 Å². The maximum atomic E-state index is 12.1. The van der Waals surface area contributed by atoms with Gasteiger partial charge in [0.15, 0.2) is 0 Å². The molecule has 0 radical (unpaired) electrons. The topological polar surface area (TPSA) is 69.8 Å². The number of hydrogen-bond donors (Lipinski definition) is 3. The third-order valence-corrected chi connectivity index (χ3v) is 4.91. The van der Waals surface area contributed by atoms with Gasteiger partial charge in [-0.15, -0.1) is 0 Å². The first-order valence-corrected chi connectivity index (χ1v) is 9.86. The third-order valence-electron chi connectivity index (χ3n) is 4.91. The van der Waals surface area contributed by atoms with Crippen LogP contribution >= 0.6 is 0 Å². The summed E-state index contributed by atoms with van der Waals surface area (Å²) in [6.07, 6.45) is 5.90. The van der Waals surface area contributed by atoms with Gasteiger partial charge in [-0.25, -0.2) is 4.98 Å². The lowest BCUT2D eigenvalue weighted by Gasteiger charge is -2.08. The molecule has 0 spiro atoms. The third kappa shape index (κ3) is 5.02. The van der Waals surface area contributed by atoms with Crippen LogP contribution < -0.4 is 10.6 Å². The van der Waals surface area contributed by atoms with Crippen LogP contribution in [-0.2, 0) is 17.6 Å². The van der Waals surface area contributed by atoms with Crippen LogP contribution in [0.5, 0.6) is 0 Å². The Morgan fingerprint density at radius 3 is 2.59 bits per heavy atom. The van der Waals surface area contributed by atoms with Crippen LogP contribution in [-0.4, -0.2) is 22.4 Å². The molecule has 2 aromatic heterocycles. The summed E-state index contributed by atoms with van der Waals surface area (Å²) in [5.41, 5.74) is 4.55. The molecule has 4 aromatic rings. The molecule has 5 heteroatoms. The zero-order valence-corrected chi connectivity index (χ0v) is 16.2. The fraction of sp³-hybridized carbons (Fsp3) is 0.167. The van der Waals surface area contributed by atoms with Crippen molar-refractivity contribution in [3.8, 4) is 0 Å². The lowest BCUT2D eigenvalue weighted by Crippen LogP contribution is -2.13. The average Bonchev–Trinajstić information content (AvgIpc) is 3.17. The highest BCUT2D eigenvalue weighted by atomic mass is 16.1. The van der Waals surface area contributed by atoms with E-state index in [4.69, 9.17) is 0 Å². The fourth-order valence-corrected chi connectivity index (χ4v) is 3.36. The number of carbonyl (C=O) groups excluding carboxylic acids is 1. The number of fused-ring (bicyclic) bond motifs is 1. The van der Waals surface area contributed by atoms with Gasteiger partial charge in [0.1, 0.15) is 5.82 Å². The molecule has 2 aromatic carbocycles. The van der Waals surface area contributed by atoms with Crippen molar-refractivity contribution < 1.29 is 4.79 Å². The minimum atomic E-state index is -0.0265. The van der Waals surface area contributed by atoms with Gasteiger partial charge in [0.2, 0.25) is 5.91 Å². The molecule has 0 saturated carbocycles. The van der Waals surface area contributed by atoms with Gasteiger partial charge >= 0.3 is 0 Å². The van der Waals surface area contributed by atoms with Crippen LogP contribution in [0, 0.1) is 0 Å². The zero-order valence-electron chi connectivity index (χ0n) is 16.2. The molecule has 0 atom stereocenters. The molecule has 5 nitrogen and oxygen atoms in total. The second kappa shape index (κ2) is 9.06. The summed E-state index contributed by atoms with van der Waals surface area (Å²) in [5, 5.41) is 7.51. The maximum absolute atomic E-state index is 12.1. The van der Waals surface area contributed by atoms with E-state index in [-0.39, 0.29) is 5.91 Å². The summed E-state index contributed by atoms with van der Waals surface area (Å²) >= 11 is 0. The van der Waals surface area contributed by atoms with E-state index in [0.29, 0.717) is 12.2 Å². The number of nitrogens with zero attached hydrogens (tertiary/aromatic N) is 1. The molecule has 0 aliphatic rings. The van der Waals surface area contributed by atoms with E-state index in [1.165, 1.54) is 10.9 Å². The van der Waals surface area contributed by atoms with Gasteiger partial charge in [0, 0.05) is 30.1 Å². The Labute approximate surface area is 170 Å². The van der Waals surface area contributed by atoms with Crippen molar-refractivity contribution in [2.24, 2.45) is 0 Å². The van der Waals surface area contributed by atoms with Crippen molar-refractivity contribution in [3.05, 3.63) is 90.3 Å². The Morgan fingerprint density at radius 2 is 1.76 bits per heavy atom. The summed E-state index contributed by atoms with van der Waals surface area (Å²) in [6, 6.07) is 22.1. The number of pyridine rings is 1. The first-order chi connectivity index (χ1) is 14.3. The lowest BCUT2D eigenvalue weighted by molar-refractivity contribution is -0.116. The van der Waals surface area contributed by atoms with Crippen molar-refractivity contribution in [3.63, 3.8) is 0 Å². The number of carbonyl (C=O) groups is 1. The van der Waals surface area contributed by atoms with Crippen molar-refractivity contribution >= 4 is 28.3 Å². The van der Waals surface area contributed by atoms with E-state index in [1.54, 1.807) is 6.20 Å². The highest BCUT2D eigenvalue weighted by Gasteiger charge is 2.05. The summed E-state index contributed by atoms with van der Waals surface area (Å²) in [6.45, 7) is 0.812. The van der Waals surface area contributed by atoms with Gasteiger partial charge in [-0.3, -0.25) is 4.79 Å². The number of hydrogen-bond acceptors (Lipinski definition) is 3. The molecule has 0 unspecified atom stereocenters. The molecule has 1 amide bonds. The number of aromatic amines is 1. The molecule has 0 bridgehead atoms. The molecule has 2 heterocycles. The van der Waals surface area contributed by atoms with Gasteiger partial charge in [0.05, 0.1) is 11.9 Å². The van der Waals surface area contributed by atoms with Crippen LogP contribution in [0.4, 0.5) is 11.5 Å². The molecule has 3 N–H and O–H groups in total. The molecule has 0 saturated heterocycles. The quantitative estimate of drug-likeness (QED) is 0.409. The highest BCUT2D eigenvalue weighted by molar-refractivity contribution is 5.90. The Morgan fingerprint density at radius 1 is 0.931 bits per heavy atom. The predicted molar refractivity (Wildman–Crippen MR) is 118 cm³/mol. The minimum absolute atomic E-state index is 0.0265. The monoisotopic (exact) mass is 384 g/mol. The number of aromatic nitrogens is 2. The molecular formula is C24H24N4O. The van der Waals surface area contributed by atoms with E-state index >= 15 is 0 Å². The lowest BCUT2D eigenvalue weighted by atomic mass is 10.1.